The molecule has 0 unspecified atom stereocenters. The van der Waals surface area contributed by atoms with Crippen LogP contribution >= 0.6 is 27.5 Å². The molecule has 4 aromatic rings. The molecule has 31 heavy (non-hydrogen) atoms. The van der Waals surface area contributed by atoms with Gasteiger partial charge in [0.1, 0.15) is 17.2 Å². The van der Waals surface area contributed by atoms with E-state index in [1.165, 1.54) is 0 Å². The summed E-state index contributed by atoms with van der Waals surface area (Å²) in [6, 6.07) is 18.8. The van der Waals surface area contributed by atoms with Crippen molar-refractivity contribution in [2.75, 3.05) is 11.9 Å². The number of aromatic hydroxyl groups is 2. The third-order valence-electron chi connectivity index (χ3n) is 5.73. The van der Waals surface area contributed by atoms with Crippen molar-refractivity contribution in [3.05, 3.63) is 76.8 Å². The molecule has 1 aliphatic rings. The summed E-state index contributed by atoms with van der Waals surface area (Å²) in [5.74, 6) is 1.25. The van der Waals surface area contributed by atoms with Crippen LogP contribution in [-0.4, -0.2) is 22.2 Å². The number of rotatable bonds is 5. The molecule has 0 atom stereocenters. The molecular weight excluding hydrogens is 476 g/mol. The quantitative estimate of drug-likeness (QED) is 0.199. The standard InChI is InChI=1S/C26H20BrClO3/c27-9-2-10-31-19-4-1-3-15(12-19)24-22-14-18(30)6-8-21(22)26(28)25-20-7-5-17(29)11-16(20)13-23(24)25/h1,3-8,11-12,14,29-30H,2,9-10,13H2. The Balaban J connectivity index is 1.77. The zero-order valence-corrected chi connectivity index (χ0v) is 19.0. The third kappa shape index (κ3) is 3.54. The highest BCUT2D eigenvalue weighted by molar-refractivity contribution is 9.09. The van der Waals surface area contributed by atoms with Gasteiger partial charge in [-0.3, -0.25) is 0 Å². The van der Waals surface area contributed by atoms with Crippen LogP contribution in [0.1, 0.15) is 17.5 Å². The normalized spacial score (nSPS) is 12.1. The maximum atomic E-state index is 10.2. The molecule has 0 saturated heterocycles. The Hall–Kier alpha value is -2.69. The largest absolute Gasteiger partial charge is 0.508 e. The number of benzene rings is 4. The van der Waals surface area contributed by atoms with Crippen molar-refractivity contribution in [2.45, 2.75) is 12.8 Å². The van der Waals surface area contributed by atoms with E-state index in [0.717, 1.165) is 61.7 Å². The molecule has 0 bridgehead atoms. The number of hydrogen-bond acceptors (Lipinski definition) is 3. The highest BCUT2D eigenvalue weighted by Crippen LogP contribution is 2.51. The third-order valence-corrected chi connectivity index (χ3v) is 6.68. The van der Waals surface area contributed by atoms with Gasteiger partial charge in [0.05, 0.1) is 11.6 Å². The van der Waals surface area contributed by atoms with Crippen LogP contribution in [0.4, 0.5) is 0 Å². The molecule has 0 heterocycles. The Bertz CT molecular complexity index is 1320. The topological polar surface area (TPSA) is 49.7 Å². The molecular formula is C26H20BrClO3. The van der Waals surface area contributed by atoms with E-state index < -0.39 is 0 Å². The second-order valence-corrected chi connectivity index (χ2v) is 8.88. The van der Waals surface area contributed by atoms with Crippen molar-refractivity contribution < 1.29 is 14.9 Å². The van der Waals surface area contributed by atoms with E-state index in [9.17, 15) is 10.2 Å². The SMILES string of the molecule is Oc1ccc2c(c1)Cc1c-2c(Cl)c2ccc(O)cc2c1-c1cccc(OCCCBr)c1. The number of phenolic OH excluding ortho intramolecular Hbond substituents is 2. The number of fused-ring (bicyclic) bond motifs is 4. The van der Waals surface area contributed by atoms with Crippen molar-refractivity contribution >= 4 is 38.3 Å². The molecule has 0 aromatic heterocycles. The van der Waals surface area contributed by atoms with E-state index >= 15 is 0 Å². The smallest absolute Gasteiger partial charge is 0.119 e. The number of ether oxygens (including phenoxy) is 1. The fourth-order valence-corrected chi connectivity index (χ4v) is 5.03. The van der Waals surface area contributed by atoms with Gasteiger partial charge in [0.15, 0.2) is 0 Å². The van der Waals surface area contributed by atoms with Gasteiger partial charge in [-0.1, -0.05) is 45.7 Å². The summed E-state index contributed by atoms with van der Waals surface area (Å²) < 4.78 is 5.93. The highest BCUT2D eigenvalue weighted by atomic mass is 79.9. The summed E-state index contributed by atoms with van der Waals surface area (Å²) in [5.41, 5.74) is 6.22. The minimum atomic E-state index is 0.197. The van der Waals surface area contributed by atoms with Gasteiger partial charge in [-0.15, -0.1) is 0 Å². The molecule has 3 nitrogen and oxygen atoms in total. The van der Waals surface area contributed by atoms with E-state index in [1.54, 1.807) is 24.3 Å². The van der Waals surface area contributed by atoms with Gasteiger partial charge in [0.2, 0.25) is 0 Å². The fraction of sp³-hybridized carbons (Fsp3) is 0.154. The van der Waals surface area contributed by atoms with E-state index in [1.807, 2.05) is 30.3 Å². The summed E-state index contributed by atoms with van der Waals surface area (Å²) in [6.07, 6.45) is 1.59. The lowest BCUT2D eigenvalue weighted by Crippen LogP contribution is -1.98. The maximum absolute atomic E-state index is 10.2. The first-order valence-electron chi connectivity index (χ1n) is 10.2. The molecule has 0 radical (unpaired) electrons. The van der Waals surface area contributed by atoms with Gasteiger partial charge in [-0.2, -0.15) is 0 Å². The molecule has 1 aliphatic carbocycles. The minimum absolute atomic E-state index is 0.197. The number of phenols is 2. The van der Waals surface area contributed by atoms with E-state index in [0.29, 0.717) is 18.1 Å². The van der Waals surface area contributed by atoms with Gasteiger partial charge < -0.3 is 14.9 Å². The van der Waals surface area contributed by atoms with Crippen LogP contribution in [0.2, 0.25) is 5.02 Å². The van der Waals surface area contributed by atoms with E-state index in [4.69, 9.17) is 16.3 Å². The molecule has 5 rings (SSSR count). The maximum Gasteiger partial charge on any atom is 0.119 e. The Labute approximate surface area is 194 Å². The zero-order valence-electron chi connectivity index (χ0n) is 16.7. The van der Waals surface area contributed by atoms with Gasteiger partial charge in [0, 0.05) is 16.3 Å². The first-order valence-corrected chi connectivity index (χ1v) is 11.7. The van der Waals surface area contributed by atoms with Crippen molar-refractivity contribution in [3.63, 3.8) is 0 Å². The lowest BCUT2D eigenvalue weighted by atomic mass is 9.89. The molecule has 0 fully saturated rings. The van der Waals surface area contributed by atoms with Gasteiger partial charge in [-0.25, -0.2) is 0 Å². The average molecular weight is 496 g/mol. The molecule has 0 saturated carbocycles. The highest BCUT2D eigenvalue weighted by Gasteiger charge is 2.28. The van der Waals surface area contributed by atoms with Crippen LogP contribution in [0.5, 0.6) is 17.2 Å². The second-order valence-electron chi connectivity index (χ2n) is 7.71. The summed E-state index contributed by atoms with van der Waals surface area (Å²) in [5, 5.41) is 23.6. The van der Waals surface area contributed by atoms with Crippen molar-refractivity contribution in [2.24, 2.45) is 0 Å². The van der Waals surface area contributed by atoms with E-state index in [2.05, 4.69) is 22.0 Å². The predicted molar refractivity (Wildman–Crippen MR) is 130 cm³/mol. The first-order chi connectivity index (χ1) is 15.1. The van der Waals surface area contributed by atoms with Crippen LogP contribution in [0.3, 0.4) is 0 Å². The van der Waals surface area contributed by atoms with Crippen molar-refractivity contribution in [1.29, 1.82) is 0 Å². The van der Waals surface area contributed by atoms with Crippen LogP contribution < -0.4 is 4.74 Å². The van der Waals surface area contributed by atoms with Crippen molar-refractivity contribution in [3.8, 4) is 39.5 Å². The molecule has 5 heteroatoms. The van der Waals surface area contributed by atoms with Crippen LogP contribution in [0, 0.1) is 0 Å². The number of hydrogen-bond donors (Lipinski definition) is 2. The Morgan fingerprint density at radius 2 is 1.71 bits per heavy atom. The van der Waals surface area contributed by atoms with Gasteiger partial charge in [-0.05, 0) is 88.5 Å². The lowest BCUT2D eigenvalue weighted by Gasteiger charge is -2.17. The zero-order chi connectivity index (χ0) is 21.5. The Morgan fingerprint density at radius 3 is 2.55 bits per heavy atom. The fourth-order valence-electron chi connectivity index (χ4n) is 4.42. The summed E-state index contributed by atoms with van der Waals surface area (Å²) >= 11 is 10.3. The van der Waals surface area contributed by atoms with Gasteiger partial charge >= 0.3 is 0 Å². The molecule has 2 N–H and O–H groups in total. The first kappa shape index (κ1) is 20.2. The molecule has 0 amide bonds. The Kier molecular flexibility index (Phi) is 5.28. The van der Waals surface area contributed by atoms with Gasteiger partial charge in [0.25, 0.3) is 0 Å². The average Bonchev–Trinajstić information content (AvgIpc) is 3.12. The number of alkyl halides is 1. The van der Waals surface area contributed by atoms with Crippen molar-refractivity contribution in [1.82, 2.24) is 0 Å². The predicted octanol–water partition coefficient (Wildman–Crippen LogP) is 7.31. The summed E-state index contributed by atoms with van der Waals surface area (Å²) in [7, 11) is 0. The molecule has 0 spiro atoms. The van der Waals surface area contributed by atoms with Crippen LogP contribution in [0.15, 0.2) is 60.7 Å². The van der Waals surface area contributed by atoms with Crippen LogP contribution in [0.25, 0.3) is 33.0 Å². The minimum Gasteiger partial charge on any atom is -0.508 e. The van der Waals surface area contributed by atoms with E-state index in [-0.39, 0.29) is 11.5 Å². The second kappa shape index (κ2) is 8.10. The number of halogens is 2. The molecule has 156 valence electrons. The summed E-state index contributed by atoms with van der Waals surface area (Å²) in [4.78, 5) is 0. The van der Waals surface area contributed by atoms with Crippen LogP contribution in [-0.2, 0) is 6.42 Å². The molecule has 4 aromatic carbocycles. The monoisotopic (exact) mass is 494 g/mol. The molecule has 0 aliphatic heterocycles. The lowest BCUT2D eigenvalue weighted by molar-refractivity contribution is 0.319. The Morgan fingerprint density at radius 1 is 0.903 bits per heavy atom. The summed E-state index contributed by atoms with van der Waals surface area (Å²) in [6.45, 7) is 0.639.